The van der Waals surface area contributed by atoms with Gasteiger partial charge in [-0.15, -0.1) is 0 Å². The third-order valence-corrected chi connectivity index (χ3v) is 5.50. The second kappa shape index (κ2) is 8.50. The van der Waals surface area contributed by atoms with E-state index in [1.54, 1.807) is 24.3 Å². The maximum atomic E-state index is 13.1. The molecule has 30 heavy (non-hydrogen) atoms. The van der Waals surface area contributed by atoms with Gasteiger partial charge in [0, 0.05) is 22.9 Å². The molecular formula is C19H13ClF6N2OS. The van der Waals surface area contributed by atoms with Crippen LogP contribution in [0.3, 0.4) is 0 Å². The van der Waals surface area contributed by atoms with Crippen molar-refractivity contribution in [3.05, 3.63) is 69.7 Å². The molecule has 11 heteroatoms. The van der Waals surface area contributed by atoms with Gasteiger partial charge in [0.2, 0.25) is 0 Å². The highest BCUT2D eigenvalue weighted by Crippen LogP contribution is 2.37. The molecule has 1 heterocycles. The third-order valence-electron chi connectivity index (χ3n) is 4.16. The highest BCUT2D eigenvalue weighted by atomic mass is 35.5. The summed E-state index contributed by atoms with van der Waals surface area (Å²) in [6.45, 7) is 0.277. The molecule has 2 aromatic carbocycles. The second-order valence-electron chi connectivity index (χ2n) is 6.33. The molecular weight excluding hydrogens is 454 g/mol. The first kappa shape index (κ1) is 22.5. The van der Waals surface area contributed by atoms with Crippen molar-refractivity contribution in [2.75, 3.05) is 13.1 Å². The zero-order chi connectivity index (χ0) is 22.1. The van der Waals surface area contributed by atoms with Crippen LogP contribution in [0.1, 0.15) is 27.0 Å². The van der Waals surface area contributed by atoms with Crippen LogP contribution in [0.25, 0.3) is 0 Å². The molecule has 0 fully saturated rings. The van der Waals surface area contributed by atoms with Gasteiger partial charge in [0.05, 0.1) is 17.7 Å². The number of nitrogens with zero attached hydrogens (tertiary/aromatic N) is 2. The van der Waals surface area contributed by atoms with Gasteiger partial charge in [0.1, 0.15) is 0 Å². The zero-order valence-corrected chi connectivity index (χ0v) is 16.6. The lowest BCUT2D eigenvalue weighted by Crippen LogP contribution is -2.33. The molecule has 0 spiro atoms. The molecule has 0 atom stereocenters. The van der Waals surface area contributed by atoms with Gasteiger partial charge in [-0.2, -0.15) is 26.3 Å². The Kier molecular flexibility index (Phi) is 6.37. The van der Waals surface area contributed by atoms with Crippen LogP contribution < -0.4 is 0 Å². The molecule has 0 aromatic heterocycles. The Morgan fingerprint density at radius 1 is 1.00 bits per heavy atom. The van der Waals surface area contributed by atoms with E-state index in [9.17, 15) is 31.1 Å². The highest BCUT2D eigenvalue weighted by molar-refractivity contribution is 8.13. The Labute approximate surface area is 176 Å². The van der Waals surface area contributed by atoms with Crippen molar-refractivity contribution in [1.29, 1.82) is 0 Å². The Hall–Kier alpha value is -2.20. The maximum Gasteiger partial charge on any atom is 0.416 e. The minimum atomic E-state index is -5.03. The summed E-state index contributed by atoms with van der Waals surface area (Å²) in [5, 5.41) is 0.782. The van der Waals surface area contributed by atoms with Crippen molar-refractivity contribution in [3.8, 4) is 0 Å². The van der Waals surface area contributed by atoms with E-state index in [1.807, 2.05) is 0 Å². The molecule has 0 radical (unpaired) electrons. The number of halogens is 7. The molecule has 0 N–H and O–H groups in total. The Morgan fingerprint density at radius 3 is 2.10 bits per heavy atom. The van der Waals surface area contributed by atoms with E-state index in [2.05, 4.69) is 4.99 Å². The van der Waals surface area contributed by atoms with Crippen molar-refractivity contribution in [2.24, 2.45) is 4.99 Å². The summed E-state index contributed by atoms with van der Waals surface area (Å²) in [6.07, 6.45) is -10.1. The number of hydrogen-bond acceptors (Lipinski definition) is 3. The average Bonchev–Trinajstić information content (AvgIpc) is 3.14. The standard InChI is InChI=1S/C19H13ClF6N2OS/c20-15-3-1-11(2-4-15)10-30-17-27-5-6-28(17)16(29)12-7-13(18(21,22)23)9-14(8-12)19(24,25)26/h1-4,7-9H,5-6,10H2. The minimum absolute atomic E-state index is 0.00888. The van der Waals surface area contributed by atoms with Crippen LogP contribution in [0.4, 0.5) is 26.3 Å². The number of benzene rings is 2. The van der Waals surface area contributed by atoms with Crippen molar-refractivity contribution < 1.29 is 31.1 Å². The lowest BCUT2D eigenvalue weighted by Gasteiger charge is -2.20. The second-order valence-corrected chi connectivity index (χ2v) is 7.71. The first-order valence-corrected chi connectivity index (χ1v) is 9.84. The maximum absolute atomic E-state index is 13.1. The van der Waals surface area contributed by atoms with Crippen molar-refractivity contribution in [1.82, 2.24) is 4.90 Å². The van der Waals surface area contributed by atoms with Gasteiger partial charge in [-0.05, 0) is 35.9 Å². The number of carbonyl (C=O) groups excluding carboxylic acids is 1. The molecule has 1 aliphatic heterocycles. The van der Waals surface area contributed by atoms with Crippen LogP contribution in [0, 0.1) is 0 Å². The molecule has 3 rings (SSSR count). The van der Waals surface area contributed by atoms with Crippen LogP contribution >= 0.6 is 23.4 Å². The fraction of sp³-hybridized carbons (Fsp3) is 0.263. The Balaban J connectivity index is 1.84. The van der Waals surface area contributed by atoms with Gasteiger partial charge in [0.15, 0.2) is 5.17 Å². The summed E-state index contributed by atoms with van der Waals surface area (Å²) in [4.78, 5) is 18.0. The number of hydrogen-bond donors (Lipinski definition) is 0. The zero-order valence-electron chi connectivity index (χ0n) is 15.0. The molecule has 1 amide bonds. The number of carbonyl (C=O) groups is 1. The monoisotopic (exact) mass is 466 g/mol. The highest BCUT2D eigenvalue weighted by Gasteiger charge is 2.38. The number of aliphatic imine (C=N–C) groups is 1. The normalized spacial score (nSPS) is 14.8. The topological polar surface area (TPSA) is 32.7 Å². The van der Waals surface area contributed by atoms with Gasteiger partial charge in [-0.25, -0.2) is 0 Å². The molecule has 0 saturated carbocycles. The molecule has 3 nitrogen and oxygen atoms in total. The third kappa shape index (κ3) is 5.28. The number of amidine groups is 1. The molecule has 0 unspecified atom stereocenters. The summed E-state index contributed by atoms with van der Waals surface area (Å²) >= 11 is 6.98. The van der Waals surface area contributed by atoms with Crippen molar-refractivity contribution >= 4 is 34.4 Å². The van der Waals surface area contributed by atoms with Crippen LogP contribution in [0.2, 0.25) is 5.02 Å². The van der Waals surface area contributed by atoms with Crippen LogP contribution in [0.5, 0.6) is 0 Å². The smallest absolute Gasteiger partial charge is 0.286 e. The lowest BCUT2D eigenvalue weighted by atomic mass is 10.0. The average molecular weight is 467 g/mol. The van der Waals surface area contributed by atoms with E-state index in [0.29, 0.717) is 22.9 Å². The van der Waals surface area contributed by atoms with E-state index in [4.69, 9.17) is 11.6 Å². The van der Waals surface area contributed by atoms with E-state index in [-0.39, 0.29) is 24.3 Å². The van der Waals surface area contributed by atoms with Gasteiger partial charge < -0.3 is 0 Å². The quantitative estimate of drug-likeness (QED) is 0.510. The van der Waals surface area contributed by atoms with Gasteiger partial charge in [0.25, 0.3) is 5.91 Å². The first-order chi connectivity index (χ1) is 13.9. The lowest BCUT2D eigenvalue weighted by molar-refractivity contribution is -0.143. The largest absolute Gasteiger partial charge is 0.416 e. The van der Waals surface area contributed by atoms with Gasteiger partial charge >= 0.3 is 12.4 Å². The summed E-state index contributed by atoms with van der Waals surface area (Å²) in [5.74, 6) is -0.567. The molecule has 0 aliphatic carbocycles. The Bertz CT molecular complexity index is 940. The van der Waals surface area contributed by atoms with Gasteiger partial charge in [-0.3, -0.25) is 14.7 Å². The van der Waals surface area contributed by atoms with E-state index >= 15 is 0 Å². The molecule has 160 valence electrons. The summed E-state index contributed by atoms with van der Waals surface area (Å²) in [5.41, 5.74) is -2.90. The predicted octanol–water partition coefficient (Wildman–Crippen LogP) is 6.12. The van der Waals surface area contributed by atoms with Crippen LogP contribution in [-0.2, 0) is 18.1 Å². The van der Waals surface area contributed by atoms with Gasteiger partial charge in [-0.1, -0.05) is 35.5 Å². The number of rotatable bonds is 3. The summed E-state index contributed by atoms with van der Waals surface area (Å²) in [7, 11) is 0. The summed E-state index contributed by atoms with van der Waals surface area (Å²) in [6, 6.07) is 7.73. The first-order valence-electron chi connectivity index (χ1n) is 8.48. The van der Waals surface area contributed by atoms with Crippen molar-refractivity contribution in [3.63, 3.8) is 0 Å². The fourth-order valence-corrected chi connectivity index (χ4v) is 3.83. The van der Waals surface area contributed by atoms with Crippen molar-refractivity contribution in [2.45, 2.75) is 18.1 Å². The fourth-order valence-electron chi connectivity index (χ4n) is 2.70. The predicted molar refractivity (Wildman–Crippen MR) is 103 cm³/mol. The van der Waals surface area contributed by atoms with Crippen LogP contribution in [-0.4, -0.2) is 29.1 Å². The number of amides is 1. The van der Waals surface area contributed by atoms with E-state index < -0.39 is 35.0 Å². The number of alkyl halides is 6. The van der Waals surface area contributed by atoms with E-state index in [0.717, 1.165) is 22.2 Å². The van der Waals surface area contributed by atoms with Crippen LogP contribution in [0.15, 0.2) is 47.5 Å². The SMILES string of the molecule is O=C(c1cc(C(F)(F)F)cc(C(F)(F)F)c1)N1CCN=C1SCc1ccc(Cl)cc1. The number of thioether (sulfide) groups is 1. The van der Waals surface area contributed by atoms with E-state index in [1.165, 1.54) is 0 Å². The molecule has 2 aromatic rings. The Morgan fingerprint density at radius 2 is 1.57 bits per heavy atom. The molecule has 1 aliphatic rings. The molecule has 0 saturated heterocycles. The minimum Gasteiger partial charge on any atom is -0.286 e. The summed E-state index contributed by atoms with van der Waals surface area (Å²) < 4.78 is 78.4. The molecule has 0 bridgehead atoms.